The molecule has 43 heteroatoms. The number of nitrogens with one attached hydrogen (secondary N) is 3. The number of ether oxygens (including phenoxy) is 15. The molecule has 8 saturated heterocycles. The van der Waals surface area contributed by atoms with Crippen molar-refractivity contribution >= 4 is 17.7 Å². The van der Waals surface area contributed by atoms with Crippen LogP contribution in [0.1, 0.15) is 27.7 Å². The molecule has 8 heterocycles. The average Bonchev–Trinajstić information content (AvgIpc) is 0.771. The topological polar surface area (TPSA) is 671 Å². The minimum Gasteiger partial charge on any atom is -0.394 e. The van der Waals surface area contributed by atoms with E-state index >= 15 is 0 Å². The second kappa shape index (κ2) is 34.5. The van der Waals surface area contributed by atoms with E-state index in [0.717, 1.165) is 20.8 Å². The summed E-state index contributed by atoms with van der Waals surface area (Å²) in [6.07, 6.45) is -72.2. The van der Waals surface area contributed by atoms with Crippen LogP contribution in [-0.2, 0) is 85.4 Å². The lowest BCUT2D eigenvalue weighted by atomic mass is 9.93. The number of hydrogen-bond donors (Lipinski definition) is 25. The molecule has 0 spiro atoms. The number of aliphatic hydroxyl groups excluding tert-OH is 22. The fourth-order valence-corrected chi connectivity index (χ4v) is 12.5. The number of carbonyl (C=O) groups is 3. The highest BCUT2D eigenvalue weighted by atomic mass is 16.8. The molecule has 97 heavy (non-hydrogen) atoms. The second-order valence-electron chi connectivity index (χ2n) is 24.6. The van der Waals surface area contributed by atoms with Crippen molar-refractivity contribution in [1.29, 1.82) is 0 Å². The van der Waals surface area contributed by atoms with Crippen LogP contribution in [0, 0.1) is 0 Å². The third-order valence-corrected chi connectivity index (χ3v) is 17.8. The first-order chi connectivity index (χ1) is 45.8. The molecule has 1 unspecified atom stereocenters. The highest BCUT2D eigenvalue weighted by Crippen LogP contribution is 2.39. The number of rotatable bonds is 24. The first-order valence-corrected chi connectivity index (χ1v) is 31.0. The summed E-state index contributed by atoms with van der Waals surface area (Å²) in [4.78, 5) is 38.4. The Bertz CT molecular complexity index is 2490. The third-order valence-electron chi connectivity index (χ3n) is 17.8. The SMILES string of the molecule is CC(=O)N[C@H]1[C@H](O[C@H]2[C@@H](O)[C@@H](CO)O[C@@H](OC[C@H]3OC(O)[C@H](NC(C)=O)[C@@H](O[C@@H]4O[C@H](CO)[C@H](O)[C@H](O[C@@H]5O[C@H](CO)[C@@H](O[C@@H]6O[C@H](CO)[C@H](O)[C@H](O)[C@H]6O)[C@H](O[C@@H]6O[C@@H](C)[C@@H](O)[C@@H](O)[C@@H]6O)[C@H]5NC(C)=O)[C@H]4O)[C@H]3O)[C@@H]2O)O[C@H](CO)[C@@H](O[C@@H]2O[C@H](CO)[C@H](O)[C@H](O)[C@H]2O)[C@@H]1O. The number of amides is 3. The molecule has 0 aromatic rings. The maximum Gasteiger partial charge on any atom is 0.217 e. The molecular formula is C54H91N3O40. The van der Waals surface area contributed by atoms with E-state index in [-0.39, 0.29) is 0 Å². The highest BCUT2D eigenvalue weighted by molar-refractivity contribution is 5.74. The van der Waals surface area contributed by atoms with Crippen LogP contribution < -0.4 is 16.0 Å². The molecule has 40 atom stereocenters. The summed E-state index contributed by atoms with van der Waals surface area (Å²) in [7, 11) is 0. The van der Waals surface area contributed by atoms with E-state index in [4.69, 9.17) is 71.1 Å². The maximum atomic E-state index is 13.2. The molecule has 8 fully saturated rings. The molecule has 0 saturated carbocycles. The van der Waals surface area contributed by atoms with Gasteiger partial charge in [0.15, 0.2) is 50.3 Å². The largest absolute Gasteiger partial charge is 0.394 e. The zero-order valence-electron chi connectivity index (χ0n) is 52.2. The Morgan fingerprint density at radius 2 is 0.619 bits per heavy atom. The average molecular weight is 1420 g/mol. The quantitative estimate of drug-likeness (QED) is 0.0427. The van der Waals surface area contributed by atoms with Crippen molar-refractivity contribution in [3.05, 3.63) is 0 Å². The lowest BCUT2D eigenvalue weighted by Gasteiger charge is -2.51. The first-order valence-electron chi connectivity index (χ1n) is 31.0. The molecule has 562 valence electrons. The molecule has 0 aromatic carbocycles. The van der Waals surface area contributed by atoms with Crippen molar-refractivity contribution < 1.29 is 198 Å². The van der Waals surface area contributed by atoms with E-state index in [0.29, 0.717) is 0 Å². The lowest BCUT2D eigenvalue weighted by molar-refractivity contribution is -0.390. The van der Waals surface area contributed by atoms with Crippen LogP contribution in [0.3, 0.4) is 0 Å². The van der Waals surface area contributed by atoms with Gasteiger partial charge in [0, 0.05) is 20.8 Å². The molecule has 8 aliphatic rings. The van der Waals surface area contributed by atoms with Gasteiger partial charge in [0.25, 0.3) is 0 Å². The van der Waals surface area contributed by atoms with Crippen LogP contribution in [0.5, 0.6) is 0 Å². The zero-order valence-corrected chi connectivity index (χ0v) is 52.2. The fraction of sp³-hybridized carbons (Fsp3) is 0.944. The van der Waals surface area contributed by atoms with E-state index < -0.39 is 309 Å². The van der Waals surface area contributed by atoms with Gasteiger partial charge in [-0.3, -0.25) is 14.4 Å². The zero-order chi connectivity index (χ0) is 71.5. The van der Waals surface area contributed by atoms with Crippen molar-refractivity contribution in [2.24, 2.45) is 0 Å². The van der Waals surface area contributed by atoms with Crippen molar-refractivity contribution in [2.45, 2.75) is 273 Å². The van der Waals surface area contributed by atoms with Gasteiger partial charge in [-0.2, -0.15) is 0 Å². The van der Waals surface area contributed by atoms with Crippen molar-refractivity contribution in [1.82, 2.24) is 16.0 Å². The van der Waals surface area contributed by atoms with Gasteiger partial charge in [0.2, 0.25) is 17.7 Å². The molecule has 0 radical (unpaired) electrons. The highest BCUT2D eigenvalue weighted by Gasteiger charge is 2.60. The summed E-state index contributed by atoms with van der Waals surface area (Å²) in [5, 5.41) is 247. The van der Waals surface area contributed by atoms with Gasteiger partial charge in [-0.1, -0.05) is 0 Å². The molecule has 8 rings (SSSR count). The molecule has 3 amide bonds. The second-order valence-corrected chi connectivity index (χ2v) is 24.6. The molecule has 0 aromatic heterocycles. The van der Waals surface area contributed by atoms with E-state index in [9.17, 15) is 127 Å². The van der Waals surface area contributed by atoms with Crippen molar-refractivity contribution in [3.63, 3.8) is 0 Å². The van der Waals surface area contributed by atoms with Crippen LogP contribution in [0.15, 0.2) is 0 Å². The third kappa shape index (κ3) is 17.4. The predicted molar refractivity (Wildman–Crippen MR) is 298 cm³/mol. The van der Waals surface area contributed by atoms with Crippen molar-refractivity contribution in [3.8, 4) is 0 Å². The Morgan fingerprint density at radius 1 is 0.289 bits per heavy atom. The summed E-state index contributed by atoms with van der Waals surface area (Å²) in [6, 6.07) is -5.48. The van der Waals surface area contributed by atoms with Crippen LogP contribution >= 0.6 is 0 Å². The summed E-state index contributed by atoms with van der Waals surface area (Å²) in [6.45, 7) is -2.90. The van der Waals surface area contributed by atoms with Gasteiger partial charge < -0.3 is 199 Å². The van der Waals surface area contributed by atoms with E-state index in [1.54, 1.807) is 0 Å². The van der Waals surface area contributed by atoms with E-state index in [1.807, 2.05) is 0 Å². The summed E-state index contributed by atoms with van der Waals surface area (Å²) < 4.78 is 87.5. The Labute approximate surface area is 549 Å². The molecule has 0 aliphatic carbocycles. The van der Waals surface area contributed by atoms with Gasteiger partial charge in [0.1, 0.15) is 189 Å². The van der Waals surface area contributed by atoms with Crippen LogP contribution in [0.4, 0.5) is 0 Å². The fourth-order valence-electron chi connectivity index (χ4n) is 12.5. The Kier molecular flexibility index (Phi) is 28.3. The van der Waals surface area contributed by atoms with Gasteiger partial charge in [-0.15, -0.1) is 0 Å². The van der Waals surface area contributed by atoms with E-state index in [1.165, 1.54) is 6.92 Å². The smallest absolute Gasteiger partial charge is 0.217 e. The number of carbonyl (C=O) groups excluding carboxylic acids is 3. The minimum absolute atomic E-state index is 0.851. The normalized spacial score (nSPS) is 49.9. The first kappa shape index (κ1) is 79.6. The molecule has 25 N–H and O–H groups in total. The predicted octanol–water partition coefficient (Wildman–Crippen LogP) is -17.0. The van der Waals surface area contributed by atoms with Gasteiger partial charge in [0.05, 0.1) is 52.4 Å². The molecule has 43 nitrogen and oxygen atoms in total. The van der Waals surface area contributed by atoms with Crippen LogP contribution in [0.2, 0.25) is 0 Å². The minimum atomic E-state index is -2.37. The number of hydrogen-bond acceptors (Lipinski definition) is 40. The van der Waals surface area contributed by atoms with Gasteiger partial charge >= 0.3 is 0 Å². The Hall–Kier alpha value is -3.07. The van der Waals surface area contributed by atoms with E-state index in [2.05, 4.69) is 16.0 Å². The molecule has 0 bridgehead atoms. The standard InChI is InChI=1S/C54H91N3O40/c1-12-26(67)33(74)36(77)51(84-12)95-44-25(57-15(4)66)49(91-21(10-63)42(44)93-53-38(79)35(76)28(69)17(6-59)88-53)97-46-30(71)19(8-61)89-54(40(46)81)94-43-24(56-14(3)65)47(82)85-22(31(43)72)11-83-50-39(80)45(29(70)18(7-60)86-50)96-48-23(55-13(2)64)32(73)41(20(9-62)90-48)92-52-37(78)34(75)27(68)16(5-58)87-52/h12,16-54,58-63,67-82H,5-11H2,1-4H3,(H,55,64)(H,56,65)(H,57,66)/t12-,16+,17+,18+,19+,20+,21+,22+,23+,24+,25+,26+,27-,28-,29-,30-,31-,32+,33+,34-,35-,36-,37+,38+,39+,40+,41+,42+,43+,44+,45-,46-,47?,48-,49-,50+,51-,52-,53-,54-/m0/s1. The Balaban J connectivity index is 1.02. The van der Waals surface area contributed by atoms with Crippen LogP contribution in [-0.4, -0.2) is 422 Å². The maximum absolute atomic E-state index is 13.2. The summed E-state index contributed by atoms with van der Waals surface area (Å²) in [5.41, 5.74) is 0. The Morgan fingerprint density at radius 3 is 1.09 bits per heavy atom. The van der Waals surface area contributed by atoms with Gasteiger partial charge in [-0.05, 0) is 6.92 Å². The molecular weight excluding hydrogens is 1330 g/mol. The van der Waals surface area contributed by atoms with Crippen molar-refractivity contribution in [2.75, 3.05) is 46.2 Å². The molecule has 8 aliphatic heterocycles. The van der Waals surface area contributed by atoms with Crippen LogP contribution in [0.25, 0.3) is 0 Å². The van der Waals surface area contributed by atoms with Gasteiger partial charge in [-0.25, -0.2) is 0 Å². The summed E-state index contributed by atoms with van der Waals surface area (Å²) in [5.74, 6) is -2.66. The lowest BCUT2D eigenvalue weighted by Crippen LogP contribution is -2.71. The number of aliphatic hydroxyl groups is 22. The monoisotopic (exact) mass is 1420 g/mol. The summed E-state index contributed by atoms with van der Waals surface area (Å²) >= 11 is 0.